The van der Waals surface area contributed by atoms with Crippen LogP contribution in [0, 0.1) is 11.8 Å². The average molecular weight is 710 g/mol. The Balaban J connectivity index is 1.80. The minimum absolute atomic E-state index is 0.0248. The van der Waals surface area contributed by atoms with Gasteiger partial charge in [-0.05, 0) is 50.1 Å². The molecular weight excluding hydrogens is 654 g/mol. The Bertz CT molecular complexity index is 1420. The summed E-state index contributed by atoms with van der Waals surface area (Å²) >= 11 is 0. The first-order valence-corrected chi connectivity index (χ1v) is 17.7. The summed E-state index contributed by atoms with van der Waals surface area (Å²) < 4.78 is 0. The van der Waals surface area contributed by atoms with E-state index in [1.54, 1.807) is 17.3 Å². The van der Waals surface area contributed by atoms with Gasteiger partial charge in [0, 0.05) is 62.9 Å². The summed E-state index contributed by atoms with van der Waals surface area (Å²) in [6.07, 6.45) is 6.92. The molecule has 1 aliphatic heterocycles. The van der Waals surface area contributed by atoms with Gasteiger partial charge in [-0.1, -0.05) is 50.6 Å². The molecule has 0 saturated carbocycles. The molecule has 2 heterocycles. The molecular formula is C36H55N9O6. The molecule has 1 aromatic heterocycles. The van der Waals surface area contributed by atoms with Crippen molar-refractivity contribution in [3.8, 4) is 0 Å². The van der Waals surface area contributed by atoms with Crippen LogP contribution in [0.2, 0.25) is 0 Å². The summed E-state index contributed by atoms with van der Waals surface area (Å²) in [7, 11) is 0. The third-order valence-corrected chi connectivity index (χ3v) is 9.18. The molecule has 2 aromatic rings. The highest BCUT2D eigenvalue weighted by Gasteiger charge is 2.40. The van der Waals surface area contributed by atoms with Crippen molar-refractivity contribution in [2.45, 2.75) is 89.4 Å². The molecule has 9 N–H and O–H groups in total. The van der Waals surface area contributed by atoms with Crippen LogP contribution in [-0.2, 0) is 32.1 Å². The maximum Gasteiger partial charge on any atom is 0.323 e. The lowest BCUT2D eigenvalue weighted by Crippen LogP contribution is -2.57. The van der Waals surface area contributed by atoms with E-state index in [2.05, 4.69) is 20.6 Å². The number of aliphatic carboxylic acids is 1. The summed E-state index contributed by atoms with van der Waals surface area (Å²) in [5, 5.41) is 15.3. The molecule has 0 radical (unpaired) electrons. The van der Waals surface area contributed by atoms with Crippen molar-refractivity contribution in [2.24, 2.45) is 29.0 Å². The number of amides is 4. The van der Waals surface area contributed by atoms with Gasteiger partial charge in [-0.3, -0.25) is 19.2 Å². The van der Waals surface area contributed by atoms with E-state index in [9.17, 15) is 29.1 Å². The number of nitrogens with one attached hydrogen (secondary N) is 2. The van der Waals surface area contributed by atoms with E-state index in [0.29, 0.717) is 37.8 Å². The minimum atomic E-state index is -1.39. The smallest absolute Gasteiger partial charge is 0.323 e. The predicted molar refractivity (Wildman–Crippen MR) is 192 cm³/mol. The maximum absolute atomic E-state index is 14.0. The Morgan fingerprint density at radius 3 is 2.20 bits per heavy atom. The monoisotopic (exact) mass is 709 g/mol. The lowest BCUT2D eigenvalue weighted by atomic mass is 9.86. The van der Waals surface area contributed by atoms with E-state index in [1.807, 2.05) is 44.2 Å². The number of carboxylic acids is 1. The number of likely N-dealkylation sites (tertiary alicyclic amines) is 1. The van der Waals surface area contributed by atoms with Gasteiger partial charge in [0.25, 0.3) is 0 Å². The second-order valence-corrected chi connectivity index (χ2v) is 13.8. The zero-order chi connectivity index (χ0) is 37.4. The molecule has 0 aliphatic carbocycles. The highest BCUT2D eigenvalue weighted by Crippen LogP contribution is 2.25. The van der Waals surface area contributed by atoms with E-state index in [0.717, 1.165) is 5.56 Å². The van der Waals surface area contributed by atoms with Crippen molar-refractivity contribution in [1.82, 2.24) is 30.4 Å². The number of hydrogen-bond acceptors (Lipinski definition) is 10. The number of carboxylic acid groups (broad SMARTS) is 1. The number of nitrogens with zero attached hydrogens (tertiary/aromatic N) is 4. The molecule has 0 unspecified atom stereocenters. The molecule has 1 saturated heterocycles. The minimum Gasteiger partial charge on any atom is -0.480 e. The normalized spacial score (nSPS) is 15.8. The topological polar surface area (TPSA) is 240 Å². The summed E-state index contributed by atoms with van der Waals surface area (Å²) in [6.45, 7) is 5.25. The van der Waals surface area contributed by atoms with Crippen LogP contribution in [0.25, 0.3) is 0 Å². The number of nitrogens with two attached hydrogens (primary N) is 3. The third kappa shape index (κ3) is 13.0. The van der Waals surface area contributed by atoms with E-state index < -0.39 is 41.4 Å². The highest BCUT2D eigenvalue weighted by molar-refractivity contribution is 5.94. The lowest BCUT2D eigenvalue weighted by molar-refractivity contribution is -0.149. The molecule has 0 bridgehead atoms. The van der Waals surface area contributed by atoms with Crippen LogP contribution in [-0.4, -0.2) is 105 Å². The van der Waals surface area contributed by atoms with Crippen LogP contribution in [0.3, 0.4) is 0 Å². The van der Waals surface area contributed by atoms with Gasteiger partial charge < -0.3 is 42.7 Å². The largest absolute Gasteiger partial charge is 0.480 e. The molecule has 51 heavy (non-hydrogen) atoms. The first-order chi connectivity index (χ1) is 24.4. The number of unbranched alkanes of at least 4 members (excludes halogenated alkanes) is 1. The molecule has 15 heteroatoms. The fourth-order valence-electron chi connectivity index (χ4n) is 6.19. The predicted octanol–water partition coefficient (Wildman–Crippen LogP) is 1.20. The van der Waals surface area contributed by atoms with Gasteiger partial charge in [0.05, 0.1) is 12.6 Å². The summed E-state index contributed by atoms with van der Waals surface area (Å²) in [5.41, 5.74) is 17.7. The van der Waals surface area contributed by atoms with E-state index >= 15 is 0 Å². The number of carbonyl (C=O) groups is 5. The van der Waals surface area contributed by atoms with Gasteiger partial charge in [-0.25, -0.2) is 14.8 Å². The summed E-state index contributed by atoms with van der Waals surface area (Å²) in [6, 6.07) is 6.78. The molecule has 1 aromatic carbocycles. The number of Topliss-reactive ketones (excluding diaryl/α,β-unsaturated/α-hetero) is 1. The van der Waals surface area contributed by atoms with Crippen LogP contribution in [0.15, 0.2) is 49.1 Å². The van der Waals surface area contributed by atoms with Gasteiger partial charge in [0.15, 0.2) is 5.78 Å². The molecule has 1 fully saturated rings. The molecule has 280 valence electrons. The number of piperidine rings is 1. The third-order valence-electron chi connectivity index (χ3n) is 9.18. The molecule has 3 rings (SSSR count). The molecule has 3 atom stereocenters. The molecule has 15 nitrogen and oxygen atoms in total. The number of carbonyl (C=O) groups excluding carboxylic acids is 4. The van der Waals surface area contributed by atoms with Gasteiger partial charge in [0.2, 0.25) is 11.8 Å². The van der Waals surface area contributed by atoms with E-state index in [1.165, 1.54) is 11.2 Å². The quantitative estimate of drug-likeness (QED) is 0.107. The molecule has 1 aliphatic rings. The zero-order valence-electron chi connectivity index (χ0n) is 29.8. The van der Waals surface area contributed by atoms with Gasteiger partial charge >= 0.3 is 12.0 Å². The first-order valence-electron chi connectivity index (χ1n) is 17.7. The second kappa shape index (κ2) is 20.4. The number of ketones is 1. The van der Waals surface area contributed by atoms with Gasteiger partial charge in [0.1, 0.15) is 17.9 Å². The Morgan fingerprint density at radius 1 is 0.941 bits per heavy atom. The Morgan fingerprint density at radius 2 is 1.61 bits per heavy atom. The van der Waals surface area contributed by atoms with Gasteiger partial charge in [-0.15, -0.1) is 0 Å². The van der Waals surface area contributed by atoms with Crippen molar-refractivity contribution >= 4 is 29.6 Å². The Labute approximate surface area is 300 Å². The van der Waals surface area contributed by atoms with Crippen molar-refractivity contribution in [3.63, 3.8) is 0 Å². The van der Waals surface area contributed by atoms with Crippen molar-refractivity contribution in [3.05, 3.63) is 60.2 Å². The fraction of sp³-hybridized carbons (Fsp3) is 0.583. The first kappa shape index (κ1) is 41.0. The van der Waals surface area contributed by atoms with Crippen LogP contribution < -0.4 is 27.8 Å². The Kier molecular flexibility index (Phi) is 16.4. The fourth-order valence-corrected chi connectivity index (χ4v) is 6.19. The number of rotatable bonds is 20. The second-order valence-electron chi connectivity index (χ2n) is 13.8. The van der Waals surface area contributed by atoms with Gasteiger partial charge in [-0.2, -0.15) is 0 Å². The highest BCUT2D eigenvalue weighted by atomic mass is 16.4. The lowest BCUT2D eigenvalue weighted by Gasteiger charge is -2.38. The van der Waals surface area contributed by atoms with Crippen LogP contribution in [0.4, 0.5) is 4.79 Å². The zero-order valence-corrected chi connectivity index (χ0v) is 29.8. The Hall–Kier alpha value is -4.47. The number of benzene rings is 1. The maximum atomic E-state index is 14.0. The van der Waals surface area contributed by atoms with Crippen molar-refractivity contribution < 1.29 is 29.1 Å². The molecule has 4 amide bonds. The summed E-state index contributed by atoms with van der Waals surface area (Å²) in [4.78, 5) is 78.1. The number of aromatic nitrogens is 2. The van der Waals surface area contributed by atoms with E-state index in [4.69, 9.17) is 17.2 Å². The SMILES string of the molecule is CC(C)C[C@@H](NC(=O)[C@@H](Cc1ccccc1)NC(=O)N(CCN)Cc1cncnc1)C(=O)C[C@H](CCCCN)C(=O)N1CCC(N)(C(=O)O)CC1. The van der Waals surface area contributed by atoms with Crippen LogP contribution in [0.1, 0.15) is 69.9 Å². The summed E-state index contributed by atoms with van der Waals surface area (Å²) in [5.74, 6) is -2.81. The van der Waals surface area contributed by atoms with Crippen molar-refractivity contribution in [2.75, 3.05) is 32.7 Å². The van der Waals surface area contributed by atoms with Crippen molar-refractivity contribution in [1.29, 1.82) is 0 Å². The van der Waals surface area contributed by atoms with Crippen LogP contribution >= 0.6 is 0 Å². The standard InChI is InChI=1S/C36H55N9O6/c1-25(2)18-29(31(46)20-28(10-6-7-13-37)33(48)44-15-11-36(39,12-16-44)34(49)50)42-32(47)30(19-26-8-4-3-5-9-26)43-35(51)45(17-14-38)23-27-21-40-24-41-22-27/h3-5,8-9,21-22,24-25,28-30H,6-7,10-20,23,37-39H2,1-2H3,(H,42,47)(H,43,51)(H,49,50)/t28-,29+,30+/m0/s1. The van der Waals surface area contributed by atoms with E-state index in [-0.39, 0.29) is 76.0 Å². The number of hydrogen-bond donors (Lipinski definition) is 6. The van der Waals surface area contributed by atoms with Crippen LogP contribution in [0.5, 0.6) is 0 Å². The number of urea groups is 1. The molecule has 0 spiro atoms. The average Bonchev–Trinajstić information content (AvgIpc) is 3.11.